The van der Waals surface area contributed by atoms with Gasteiger partial charge in [0.05, 0.1) is 0 Å². The molecule has 0 aromatic heterocycles. The molecule has 1 rings (SSSR count). The first-order valence-corrected chi connectivity index (χ1v) is 8.24. The lowest BCUT2D eigenvalue weighted by Gasteiger charge is -2.12. The van der Waals surface area contributed by atoms with Gasteiger partial charge < -0.3 is 4.90 Å². The van der Waals surface area contributed by atoms with Crippen molar-refractivity contribution in [1.29, 1.82) is 0 Å². The maximum Gasteiger partial charge on any atom is 0.271 e. The van der Waals surface area contributed by atoms with Gasteiger partial charge in [0.15, 0.2) is 0 Å². The molecule has 1 N–H and O–H groups in total. The minimum absolute atomic E-state index is 0.162. The molecule has 0 fully saturated rings. The molecule has 0 atom stereocenters. The zero-order valence-corrected chi connectivity index (χ0v) is 14.1. The molecule has 4 nitrogen and oxygen atoms in total. The van der Waals surface area contributed by atoms with Crippen molar-refractivity contribution in [1.82, 2.24) is 5.43 Å². The quantitative estimate of drug-likeness (QED) is 0.399. The van der Waals surface area contributed by atoms with Crippen LogP contribution in [-0.4, -0.2) is 26.2 Å². The fourth-order valence-electron chi connectivity index (χ4n) is 2.16. The lowest BCUT2D eigenvalue weighted by atomic mass is 10.1. The van der Waals surface area contributed by atoms with Gasteiger partial charge in [-0.15, -0.1) is 0 Å². The number of unbranched alkanes of at least 4 members (excludes halogenated alkanes) is 6. The summed E-state index contributed by atoms with van der Waals surface area (Å²) in [5.41, 5.74) is 4.28. The highest BCUT2D eigenvalue weighted by molar-refractivity contribution is 5.94. The smallest absolute Gasteiger partial charge is 0.271 e. The van der Waals surface area contributed by atoms with Gasteiger partial charge in [-0.25, -0.2) is 5.43 Å². The van der Waals surface area contributed by atoms with Crippen LogP contribution in [0.3, 0.4) is 0 Å². The number of nitrogens with one attached hydrogen (secondary N) is 1. The molecule has 0 saturated carbocycles. The Kier molecular flexibility index (Phi) is 8.96. The topological polar surface area (TPSA) is 44.7 Å². The zero-order chi connectivity index (χ0) is 16.2. The average molecular weight is 303 g/mol. The van der Waals surface area contributed by atoms with Gasteiger partial charge in [0.2, 0.25) is 0 Å². The van der Waals surface area contributed by atoms with Crippen molar-refractivity contribution in [2.24, 2.45) is 5.10 Å². The summed E-state index contributed by atoms with van der Waals surface area (Å²) in [7, 11) is 3.95. The molecule has 1 aromatic rings. The van der Waals surface area contributed by atoms with Gasteiger partial charge in [0.25, 0.3) is 5.91 Å². The molecule has 0 aliphatic carbocycles. The summed E-state index contributed by atoms with van der Waals surface area (Å²) in [5.74, 6) is -0.162. The molecule has 0 aliphatic rings. The monoisotopic (exact) mass is 303 g/mol. The van der Waals surface area contributed by atoms with E-state index < -0.39 is 0 Å². The van der Waals surface area contributed by atoms with Gasteiger partial charge in [0.1, 0.15) is 0 Å². The van der Waals surface area contributed by atoms with Crippen molar-refractivity contribution in [2.75, 3.05) is 19.0 Å². The van der Waals surface area contributed by atoms with Gasteiger partial charge in [-0.3, -0.25) is 4.79 Å². The minimum atomic E-state index is -0.162. The third kappa shape index (κ3) is 7.25. The Morgan fingerprint density at radius 2 is 1.73 bits per heavy atom. The second-order valence-electron chi connectivity index (χ2n) is 5.75. The highest BCUT2D eigenvalue weighted by atomic mass is 16.2. The summed E-state index contributed by atoms with van der Waals surface area (Å²) >= 11 is 0. The summed E-state index contributed by atoms with van der Waals surface area (Å²) in [4.78, 5) is 13.9. The molecule has 4 heteroatoms. The first-order valence-electron chi connectivity index (χ1n) is 8.24. The first-order chi connectivity index (χ1) is 10.6. The minimum Gasteiger partial charge on any atom is -0.378 e. The highest BCUT2D eigenvalue weighted by Crippen LogP contribution is 2.12. The first kappa shape index (κ1) is 18.2. The van der Waals surface area contributed by atoms with E-state index in [9.17, 15) is 4.79 Å². The molecule has 0 spiro atoms. The number of benzene rings is 1. The van der Waals surface area contributed by atoms with Gasteiger partial charge in [0, 0.05) is 31.6 Å². The lowest BCUT2D eigenvalue weighted by molar-refractivity contribution is 0.0955. The van der Waals surface area contributed by atoms with Crippen LogP contribution in [0.4, 0.5) is 5.69 Å². The molecule has 0 saturated heterocycles. The number of anilines is 1. The van der Waals surface area contributed by atoms with Crippen LogP contribution >= 0.6 is 0 Å². The Bertz CT molecular complexity index is 452. The molecule has 22 heavy (non-hydrogen) atoms. The Morgan fingerprint density at radius 3 is 2.36 bits per heavy atom. The molecule has 0 heterocycles. The van der Waals surface area contributed by atoms with Crippen LogP contribution in [0.2, 0.25) is 0 Å². The van der Waals surface area contributed by atoms with Crippen LogP contribution in [0.5, 0.6) is 0 Å². The predicted octanol–water partition coefficient (Wildman–Crippen LogP) is 4.22. The SMILES string of the molecule is CCCCCCCC/C=N/NC(=O)c1ccc(N(C)C)cc1. The molecule has 0 radical (unpaired) electrons. The van der Waals surface area contributed by atoms with E-state index in [0.29, 0.717) is 5.56 Å². The van der Waals surface area contributed by atoms with E-state index in [1.807, 2.05) is 43.3 Å². The molecule has 1 amide bonds. The maximum absolute atomic E-state index is 11.9. The fraction of sp³-hybridized carbons (Fsp3) is 0.556. The molecular weight excluding hydrogens is 274 g/mol. The molecule has 0 aliphatic heterocycles. The number of hydrogen-bond donors (Lipinski definition) is 1. The van der Waals surface area contributed by atoms with Crippen molar-refractivity contribution in [2.45, 2.75) is 51.9 Å². The van der Waals surface area contributed by atoms with E-state index in [2.05, 4.69) is 17.5 Å². The summed E-state index contributed by atoms with van der Waals surface area (Å²) in [6.07, 6.45) is 10.3. The van der Waals surface area contributed by atoms with Crippen LogP contribution in [0.1, 0.15) is 62.2 Å². The van der Waals surface area contributed by atoms with Gasteiger partial charge in [-0.05, 0) is 37.1 Å². The van der Waals surface area contributed by atoms with Crippen LogP contribution < -0.4 is 10.3 Å². The number of carbonyl (C=O) groups excluding carboxylic acids is 1. The average Bonchev–Trinajstić information content (AvgIpc) is 2.53. The van der Waals surface area contributed by atoms with E-state index in [0.717, 1.165) is 18.5 Å². The number of hydrazone groups is 1. The van der Waals surface area contributed by atoms with E-state index in [1.165, 1.54) is 32.1 Å². The summed E-state index contributed by atoms with van der Waals surface area (Å²) in [5, 5.41) is 4.00. The molecule has 0 bridgehead atoms. The van der Waals surface area contributed by atoms with E-state index in [4.69, 9.17) is 0 Å². The van der Waals surface area contributed by atoms with Crippen molar-refractivity contribution in [3.8, 4) is 0 Å². The van der Waals surface area contributed by atoms with Crippen LogP contribution in [0.25, 0.3) is 0 Å². The Balaban J connectivity index is 2.20. The van der Waals surface area contributed by atoms with Crippen molar-refractivity contribution >= 4 is 17.8 Å². The molecule has 0 unspecified atom stereocenters. The number of amides is 1. The van der Waals surface area contributed by atoms with Crippen LogP contribution in [-0.2, 0) is 0 Å². The number of nitrogens with zero attached hydrogens (tertiary/aromatic N) is 2. The van der Waals surface area contributed by atoms with Gasteiger partial charge >= 0.3 is 0 Å². The predicted molar refractivity (Wildman–Crippen MR) is 94.7 cm³/mol. The highest BCUT2D eigenvalue weighted by Gasteiger charge is 2.04. The summed E-state index contributed by atoms with van der Waals surface area (Å²) in [6.45, 7) is 2.23. The van der Waals surface area contributed by atoms with E-state index in [-0.39, 0.29) is 5.91 Å². The second kappa shape index (κ2) is 10.8. The Labute approximate surface area is 134 Å². The molecular formula is C18H29N3O. The fourth-order valence-corrected chi connectivity index (χ4v) is 2.16. The number of carbonyl (C=O) groups is 1. The van der Waals surface area contributed by atoms with E-state index >= 15 is 0 Å². The van der Waals surface area contributed by atoms with Gasteiger partial charge in [-0.2, -0.15) is 5.10 Å². The normalized spacial score (nSPS) is 10.9. The van der Waals surface area contributed by atoms with Crippen LogP contribution in [0.15, 0.2) is 29.4 Å². The number of hydrogen-bond acceptors (Lipinski definition) is 3. The maximum atomic E-state index is 11.9. The summed E-state index contributed by atoms with van der Waals surface area (Å²) in [6, 6.07) is 7.48. The molecule has 1 aromatic carbocycles. The van der Waals surface area contributed by atoms with Crippen molar-refractivity contribution < 1.29 is 4.79 Å². The Morgan fingerprint density at radius 1 is 1.09 bits per heavy atom. The lowest BCUT2D eigenvalue weighted by Crippen LogP contribution is -2.17. The van der Waals surface area contributed by atoms with E-state index in [1.54, 1.807) is 6.21 Å². The molecule has 122 valence electrons. The van der Waals surface area contributed by atoms with Crippen LogP contribution in [0, 0.1) is 0 Å². The third-order valence-electron chi connectivity index (χ3n) is 3.59. The number of rotatable bonds is 10. The zero-order valence-electron chi connectivity index (χ0n) is 14.1. The second-order valence-corrected chi connectivity index (χ2v) is 5.75. The summed E-state index contributed by atoms with van der Waals surface area (Å²) < 4.78 is 0. The van der Waals surface area contributed by atoms with Gasteiger partial charge in [-0.1, -0.05) is 39.0 Å². The largest absolute Gasteiger partial charge is 0.378 e. The standard InChI is InChI=1S/C18H29N3O/c1-4-5-6-7-8-9-10-15-19-20-18(22)16-11-13-17(14-12-16)21(2)3/h11-15H,4-10H2,1-3H3,(H,20,22)/b19-15+. The van der Waals surface area contributed by atoms with Crippen molar-refractivity contribution in [3.05, 3.63) is 29.8 Å². The third-order valence-corrected chi connectivity index (χ3v) is 3.59. The van der Waals surface area contributed by atoms with Crippen molar-refractivity contribution in [3.63, 3.8) is 0 Å². The Hall–Kier alpha value is -1.84.